The van der Waals surface area contributed by atoms with Gasteiger partial charge >= 0.3 is 0 Å². The number of H-pyrrole nitrogens is 2. The molecule has 7 nitrogen and oxygen atoms in total. The molecule has 0 radical (unpaired) electrons. The molecule has 0 unspecified atom stereocenters. The van der Waals surface area contributed by atoms with Crippen LogP contribution < -0.4 is 15.8 Å². The number of carbonyl (C=O) groups is 1. The molecule has 2 aromatic heterocycles. The van der Waals surface area contributed by atoms with Gasteiger partial charge in [-0.2, -0.15) is 0 Å². The quantitative estimate of drug-likeness (QED) is 0.351. The number of benzene rings is 2. The molecule has 5 N–H and O–H groups in total. The number of rotatable bonds is 7. The summed E-state index contributed by atoms with van der Waals surface area (Å²) in [6.07, 6.45) is 6.42. The minimum Gasteiger partial charge on any atom is -0.497 e. The van der Waals surface area contributed by atoms with Gasteiger partial charge in [-0.05, 0) is 54.7 Å². The number of hydrogen-bond acceptors (Lipinski definition) is 4. The van der Waals surface area contributed by atoms with Gasteiger partial charge in [-0.3, -0.25) is 9.69 Å². The van der Waals surface area contributed by atoms with E-state index >= 15 is 0 Å². The van der Waals surface area contributed by atoms with E-state index in [0.717, 1.165) is 60.2 Å². The van der Waals surface area contributed by atoms with Crippen molar-refractivity contribution < 1.29 is 9.53 Å². The number of hydrogen-bond donors (Lipinski definition) is 4. The van der Waals surface area contributed by atoms with Gasteiger partial charge in [0.1, 0.15) is 5.75 Å². The molecule has 172 valence electrons. The zero-order chi connectivity index (χ0) is 22.8. The van der Waals surface area contributed by atoms with Crippen LogP contribution in [-0.2, 0) is 17.8 Å². The first kappa shape index (κ1) is 21.6. The van der Waals surface area contributed by atoms with Gasteiger partial charge in [0.15, 0.2) is 0 Å². The highest BCUT2D eigenvalue weighted by atomic mass is 16.5. The first-order valence-electron chi connectivity index (χ1n) is 11.6. The van der Waals surface area contributed by atoms with Gasteiger partial charge in [-0.25, -0.2) is 0 Å². The number of methoxy groups -OCH3 is 1. The van der Waals surface area contributed by atoms with Crippen LogP contribution in [0.3, 0.4) is 0 Å². The van der Waals surface area contributed by atoms with Gasteiger partial charge in [-0.1, -0.05) is 18.2 Å². The summed E-state index contributed by atoms with van der Waals surface area (Å²) < 4.78 is 5.38. The van der Waals surface area contributed by atoms with Crippen LogP contribution in [0.1, 0.15) is 24.0 Å². The van der Waals surface area contributed by atoms with Crippen molar-refractivity contribution in [1.82, 2.24) is 20.2 Å². The van der Waals surface area contributed by atoms with Gasteiger partial charge in [0, 0.05) is 59.9 Å². The Hall–Kier alpha value is -3.29. The normalized spacial score (nSPS) is 16.3. The predicted octanol–water partition coefficient (Wildman–Crippen LogP) is 3.31. The van der Waals surface area contributed by atoms with E-state index in [2.05, 4.69) is 44.6 Å². The average Bonchev–Trinajstić information content (AvgIpc) is 3.44. The van der Waals surface area contributed by atoms with Crippen molar-refractivity contribution in [3.8, 4) is 5.75 Å². The molecule has 1 fully saturated rings. The Kier molecular flexibility index (Phi) is 6.07. The number of ether oxygens (including phenoxy) is 1. The Balaban J connectivity index is 1.13. The molecule has 1 aliphatic rings. The number of likely N-dealkylation sites (tertiary alicyclic amines) is 1. The van der Waals surface area contributed by atoms with Gasteiger partial charge < -0.3 is 25.8 Å². The topological polar surface area (TPSA) is 99.2 Å². The molecule has 5 rings (SSSR count). The molecule has 0 spiro atoms. The van der Waals surface area contributed by atoms with Crippen LogP contribution in [-0.4, -0.2) is 53.1 Å². The zero-order valence-electron chi connectivity index (χ0n) is 18.9. The second kappa shape index (κ2) is 9.29. The fourth-order valence-electron chi connectivity index (χ4n) is 4.83. The second-order valence-corrected chi connectivity index (χ2v) is 8.95. The summed E-state index contributed by atoms with van der Waals surface area (Å²) >= 11 is 0. The highest BCUT2D eigenvalue weighted by molar-refractivity contribution is 5.86. The lowest BCUT2D eigenvalue weighted by Gasteiger charge is -2.32. The van der Waals surface area contributed by atoms with Crippen molar-refractivity contribution in [3.63, 3.8) is 0 Å². The van der Waals surface area contributed by atoms with Crippen molar-refractivity contribution in [2.75, 3.05) is 20.2 Å². The number of nitrogens with one attached hydrogen (secondary N) is 3. The van der Waals surface area contributed by atoms with E-state index in [-0.39, 0.29) is 11.9 Å². The maximum absolute atomic E-state index is 12.7. The molecule has 1 amide bonds. The van der Waals surface area contributed by atoms with Crippen LogP contribution in [0.4, 0.5) is 0 Å². The van der Waals surface area contributed by atoms with E-state index in [9.17, 15) is 4.79 Å². The van der Waals surface area contributed by atoms with Crippen LogP contribution in [0.2, 0.25) is 0 Å². The molecule has 3 heterocycles. The number of nitrogens with zero attached hydrogens (tertiary/aromatic N) is 1. The lowest BCUT2D eigenvalue weighted by Crippen LogP contribution is -2.50. The SMILES string of the molecule is COc1ccc2[nH]cc(CN3CCC(NC(=O)[C@@H](N)Cc4c[nH]c5ccccc45)CC3)c2c1. The van der Waals surface area contributed by atoms with E-state index < -0.39 is 6.04 Å². The second-order valence-electron chi connectivity index (χ2n) is 8.95. The third-order valence-electron chi connectivity index (χ3n) is 6.75. The number of amides is 1. The largest absolute Gasteiger partial charge is 0.497 e. The Morgan fingerprint density at radius 3 is 2.61 bits per heavy atom. The van der Waals surface area contributed by atoms with E-state index in [0.29, 0.717) is 6.42 Å². The number of piperidine rings is 1. The third kappa shape index (κ3) is 4.60. The van der Waals surface area contributed by atoms with Gasteiger partial charge in [0.25, 0.3) is 0 Å². The molecule has 1 atom stereocenters. The Bertz CT molecular complexity index is 1250. The average molecular weight is 446 g/mol. The summed E-state index contributed by atoms with van der Waals surface area (Å²) in [6.45, 7) is 2.77. The fraction of sp³-hybridized carbons (Fsp3) is 0.346. The summed E-state index contributed by atoms with van der Waals surface area (Å²) in [7, 11) is 1.69. The van der Waals surface area contributed by atoms with E-state index in [4.69, 9.17) is 10.5 Å². The summed E-state index contributed by atoms with van der Waals surface area (Å²) in [6, 6.07) is 13.8. The summed E-state index contributed by atoms with van der Waals surface area (Å²) in [5.41, 5.74) is 10.8. The molecule has 33 heavy (non-hydrogen) atoms. The minimum absolute atomic E-state index is 0.0672. The van der Waals surface area contributed by atoms with Crippen molar-refractivity contribution in [3.05, 3.63) is 66.0 Å². The Morgan fingerprint density at radius 2 is 1.82 bits per heavy atom. The van der Waals surface area contributed by atoms with E-state index in [1.165, 1.54) is 10.9 Å². The lowest BCUT2D eigenvalue weighted by atomic mass is 10.0. The lowest BCUT2D eigenvalue weighted by molar-refractivity contribution is -0.123. The van der Waals surface area contributed by atoms with Crippen molar-refractivity contribution in [2.45, 2.75) is 37.9 Å². The smallest absolute Gasteiger partial charge is 0.237 e. The van der Waals surface area contributed by atoms with Gasteiger partial charge in [0.05, 0.1) is 13.2 Å². The first-order chi connectivity index (χ1) is 16.1. The molecule has 1 aliphatic heterocycles. The third-order valence-corrected chi connectivity index (χ3v) is 6.75. The van der Waals surface area contributed by atoms with E-state index in [1.807, 2.05) is 30.5 Å². The highest BCUT2D eigenvalue weighted by Crippen LogP contribution is 2.25. The standard InChI is InChI=1S/C26H31N5O2/c1-33-20-6-7-25-22(13-20)18(15-29-25)16-31-10-8-19(9-11-31)30-26(32)23(27)12-17-14-28-24-5-3-2-4-21(17)24/h2-7,13-15,19,23,28-29H,8-12,16,27H2,1H3,(H,30,32)/t23-/m0/s1. The Morgan fingerprint density at radius 1 is 1.09 bits per heavy atom. The van der Waals surface area contributed by atoms with Crippen LogP contribution in [0.25, 0.3) is 21.8 Å². The number of aromatic nitrogens is 2. The Labute approximate surface area is 193 Å². The number of nitrogens with two attached hydrogens (primary N) is 1. The molecule has 2 aromatic carbocycles. The van der Waals surface area contributed by atoms with Gasteiger partial charge in [-0.15, -0.1) is 0 Å². The molecule has 7 heteroatoms. The maximum atomic E-state index is 12.7. The molecule has 0 saturated carbocycles. The molecule has 1 saturated heterocycles. The molecular formula is C26H31N5O2. The fourth-order valence-corrected chi connectivity index (χ4v) is 4.83. The van der Waals surface area contributed by atoms with Crippen LogP contribution >= 0.6 is 0 Å². The monoisotopic (exact) mass is 445 g/mol. The van der Waals surface area contributed by atoms with Crippen molar-refractivity contribution in [1.29, 1.82) is 0 Å². The minimum atomic E-state index is -0.552. The van der Waals surface area contributed by atoms with E-state index in [1.54, 1.807) is 7.11 Å². The number of aromatic amines is 2. The first-order valence-corrected chi connectivity index (χ1v) is 11.6. The summed E-state index contributed by atoms with van der Waals surface area (Å²) in [4.78, 5) is 21.8. The van der Waals surface area contributed by atoms with Crippen molar-refractivity contribution >= 4 is 27.7 Å². The molecule has 4 aromatic rings. The summed E-state index contributed by atoms with van der Waals surface area (Å²) in [5.74, 6) is 0.802. The van der Waals surface area contributed by atoms with Gasteiger partial charge in [0.2, 0.25) is 5.91 Å². The molecular weight excluding hydrogens is 414 g/mol. The zero-order valence-corrected chi connectivity index (χ0v) is 18.9. The highest BCUT2D eigenvalue weighted by Gasteiger charge is 2.24. The predicted molar refractivity (Wildman–Crippen MR) is 131 cm³/mol. The number of carbonyl (C=O) groups excluding carboxylic acids is 1. The van der Waals surface area contributed by atoms with Crippen LogP contribution in [0, 0.1) is 0 Å². The summed E-state index contributed by atoms with van der Waals surface area (Å²) in [5, 5.41) is 5.51. The van der Waals surface area contributed by atoms with Crippen molar-refractivity contribution in [2.24, 2.45) is 5.73 Å². The van der Waals surface area contributed by atoms with Crippen LogP contribution in [0.15, 0.2) is 54.9 Å². The molecule has 0 aliphatic carbocycles. The van der Waals surface area contributed by atoms with Crippen LogP contribution in [0.5, 0.6) is 5.75 Å². The maximum Gasteiger partial charge on any atom is 0.237 e. The number of fused-ring (bicyclic) bond motifs is 2. The molecule has 0 bridgehead atoms. The number of para-hydroxylation sites is 1.